The fraction of sp³-hybridized carbons (Fsp3) is 0.357. The second-order valence-electron chi connectivity index (χ2n) is 4.92. The van der Waals surface area contributed by atoms with Crippen LogP contribution in [0.5, 0.6) is 0 Å². The summed E-state index contributed by atoms with van der Waals surface area (Å²) in [6.07, 6.45) is 5.76. The molecule has 1 atom stereocenters. The Hall–Kier alpha value is -1.13. The van der Waals surface area contributed by atoms with E-state index >= 15 is 0 Å². The standard InChI is InChI=1S/C14H18BrN3/c1-14(16,12-5-3-4-6-13(12)15)8-7-11-9-17-18(2)10-11/h3-6,9-10H,7-8,16H2,1-2H3. The van der Waals surface area contributed by atoms with Crippen molar-refractivity contribution in [3.63, 3.8) is 0 Å². The summed E-state index contributed by atoms with van der Waals surface area (Å²) in [5.41, 5.74) is 8.47. The Kier molecular flexibility index (Phi) is 3.88. The summed E-state index contributed by atoms with van der Waals surface area (Å²) in [5, 5.41) is 4.17. The van der Waals surface area contributed by atoms with E-state index in [1.54, 1.807) is 0 Å². The van der Waals surface area contributed by atoms with Crippen LogP contribution in [0.3, 0.4) is 0 Å². The highest BCUT2D eigenvalue weighted by atomic mass is 79.9. The maximum Gasteiger partial charge on any atom is 0.0521 e. The van der Waals surface area contributed by atoms with Crippen LogP contribution in [-0.4, -0.2) is 9.78 Å². The Balaban J connectivity index is 2.10. The van der Waals surface area contributed by atoms with Gasteiger partial charge in [0.15, 0.2) is 0 Å². The van der Waals surface area contributed by atoms with Crippen molar-refractivity contribution in [1.29, 1.82) is 0 Å². The quantitative estimate of drug-likeness (QED) is 0.943. The minimum absolute atomic E-state index is 0.337. The second-order valence-corrected chi connectivity index (χ2v) is 5.77. The molecule has 0 aliphatic rings. The average Bonchev–Trinajstić information content (AvgIpc) is 2.73. The van der Waals surface area contributed by atoms with E-state index in [9.17, 15) is 0 Å². The van der Waals surface area contributed by atoms with E-state index in [-0.39, 0.29) is 5.54 Å². The molecule has 18 heavy (non-hydrogen) atoms. The van der Waals surface area contributed by atoms with Crippen LogP contribution < -0.4 is 5.73 Å². The number of aromatic nitrogens is 2. The summed E-state index contributed by atoms with van der Waals surface area (Å²) in [4.78, 5) is 0. The molecule has 0 aliphatic heterocycles. The van der Waals surface area contributed by atoms with Crippen molar-refractivity contribution in [2.24, 2.45) is 12.8 Å². The molecule has 0 radical (unpaired) electrons. The normalized spacial score (nSPS) is 14.4. The fourth-order valence-electron chi connectivity index (χ4n) is 2.06. The highest BCUT2D eigenvalue weighted by Crippen LogP contribution is 2.29. The van der Waals surface area contributed by atoms with Gasteiger partial charge in [-0.05, 0) is 37.0 Å². The first-order valence-electron chi connectivity index (χ1n) is 6.00. The molecule has 0 spiro atoms. The van der Waals surface area contributed by atoms with Gasteiger partial charge in [-0.25, -0.2) is 0 Å². The Morgan fingerprint density at radius 2 is 2.11 bits per heavy atom. The van der Waals surface area contributed by atoms with Crippen molar-refractivity contribution in [2.45, 2.75) is 25.3 Å². The van der Waals surface area contributed by atoms with Gasteiger partial charge in [0.1, 0.15) is 0 Å². The molecule has 3 nitrogen and oxygen atoms in total. The predicted molar refractivity (Wildman–Crippen MR) is 77.2 cm³/mol. The zero-order chi connectivity index (χ0) is 13.2. The Morgan fingerprint density at radius 3 is 2.72 bits per heavy atom. The summed E-state index contributed by atoms with van der Waals surface area (Å²) < 4.78 is 2.89. The minimum Gasteiger partial charge on any atom is -0.322 e. The van der Waals surface area contributed by atoms with Gasteiger partial charge >= 0.3 is 0 Å². The van der Waals surface area contributed by atoms with Crippen molar-refractivity contribution in [1.82, 2.24) is 9.78 Å². The van der Waals surface area contributed by atoms with E-state index in [2.05, 4.69) is 34.0 Å². The van der Waals surface area contributed by atoms with Gasteiger partial charge < -0.3 is 5.73 Å². The van der Waals surface area contributed by atoms with Gasteiger partial charge in [0.25, 0.3) is 0 Å². The highest BCUT2D eigenvalue weighted by molar-refractivity contribution is 9.10. The molecule has 2 N–H and O–H groups in total. The van der Waals surface area contributed by atoms with Crippen LogP contribution in [0, 0.1) is 0 Å². The van der Waals surface area contributed by atoms with E-state index in [0.29, 0.717) is 0 Å². The van der Waals surface area contributed by atoms with Crippen molar-refractivity contribution < 1.29 is 0 Å². The minimum atomic E-state index is -0.337. The number of nitrogens with zero attached hydrogens (tertiary/aromatic N) is 2. The number of aryl methyl sites for hydroxylation is 2. The summed E-state index contributed by atoms with van der Waals surface area (Å²) in [6.45, 7) is 2.07. The van der Waals surface area contributed by atoms with Crippen molar-refractivity contribution in [2.75, 3.05) is 0 Å². The van der Waals surface area contributed by atoms with Crippen LogP contribution in [0.2, 0.25) is 0 Å². The molecule has 0 bridgehead atoms. The maximum absolute atomic E-state index is 6.44. The van der Waals surface area contributed by atoms with E-state index in [0.717, 1.165) is 22.9 Å². The van der Waals surface area contributed by atoms with Gasteiger partial charge in [0.05, 0.1) is 6.20 Å². The first-order valence-corrected chi connectivity index (χ1v) is 6.80. The van der Waals surface area contributed by atoms with E-state index in [1.807, 2.05) is 42.3 Å². The molecule has 0 fully saturated rings. The molecule has 1 aromatic carbocycles. The smallest absolute Gasteiger partial charge is 0.0521 e. The van der Waals surface area contributed by atoms with Crippen molar-refractivity contribution in [3.05, 3.63) is 52.3 Å². The van der Waals surface area contributed by atoms with Crippen LogP contribution in [0.1, 0.15) is 24.5 Å². The monoisotopic (exact) mass is 307 g/mol. The van der Waals surface area contributed by atoms with E-state index < -0.39 is 0 Å². The van der Waals surface area contributed by atoms with Crippen LogP contribution in [0.15, 0.2) is 41.1 Å². The van der Waals surface area contributed by atoms with Crippen molar-refractivity contribution >= 4 is 15.9 Å². The third-order valence-corrected chi connectivity index (χ3v) is 3.87. The second kappa shape index (κ2) is 5.24. The number of nitrogens with two attached hydrogens (primary N) is 1. The first kappa shape index (κ1) is 13.3. The van der Waals surface area contributed by atoms with Crippen LogP contribution in [0.4, 0.5) is 0 Å². The van der Waals surface area contributed by atoms with Gasteiger partial charge in [0.2, 0.25) is 0 Å². The Morgan fingerprint density at radius 1 is 1.39 bits per heavy atom. The SMILES string of the molecule is Cn1cc(CCC(C)(N)c2ccccc2Br)cn1. The zero-order valence-corrected chi connectivity index (χ0v) is 12.3. The topological polar surface area (TPSA) is 43.8 Å². The Bertz CT molecular complexity index is 531. The molecule has 1 unspecified atom stereocenters. The molecule has 1 heterocycles. The van der Waals surface area contributed by atoms with Crippen LogP contribution in [0.25, 0.3) is 0 Å². The third kappa shape index (κ3) is 3.00. The molecule has 1 aromatic heterocycles. The lowest BCUT2D eigenvalue weighted by Gasteiger charge is -2.26. The molecule has 96 valence electrons. The van der Waals surface area contributed by atoms with Gasteiger partial charge in [0, 0.05) is 23.3 Å². The van der Waals surface area contributed by atoms with Crippen molar-refractivity contribution in [3.8, 4) is 0 Å². The summed E-state index contributed by atoms with van der Waals surface area (Å²) in [6, 6.07) is 8.14. The van der Waals surface area contributed by atoms with Gasteiger partial charge in [-0.1, -0.05) is 34.1 Å². The zero-order valence-electron chi connectivity index (χ0n) is 10.7. The summed E-state index contributed by atoms with van der Waals surface area (Å²) in [5.74, 6) is 0. The molecule has 0 amide bonds. The summed E-state index contributed by atoms with van der Waals surface area (Å²) >= 11 is 3.57. The Labute approximate surface area is 116 Å². The lowest BCUT2D eigenvalue weighted by Crippen LogP contribution is -2.33. The number of benzene rings is 1. The van der Waals surface area contributed by atoms with E-state index in [1.165, 1.54) is 5.56 Å². The predicted octanol–water partition coefficient (Wildman–Crippen LogP) is 2.99. The molecular weight excluding hydrogens is 290 g/mol. The number of rotatable bonds is 4. The molecule has 4 heteroatoms. The lowest BCUT2D eigenvalue weighted by molar-refractivity contribution is 0.451. The maximum atomic E-state index is 6.44. The molecular formula is C14H18BrN3. The molecule has 0 saturated heterocycles. The lowest BCUT2D eigenvalue weighted by atomic mass is 9.87. The average molecular weight is 308 g/mol. The summed E-state index contributed by atoms with van der Waals surface area (Å²) in [7, 11) is 1.93. The highest BCUT2D eigenvalue weighted by Gasteiger charge is 2.23. The van der Waals surface area contributed by atoms with Gasteiger partial charge in [-0.2, -0.15) is 5.10 Å². The number of halogens is 1. The fourth-order valence-corrected chi connectivity index (χ4v) is 2.80. The number of hydrogen-bond acceptors (Lipinski definition) is 2. The number of hydrogen-bond donors (Lipinski definition) is 1. The first-order chi connectivity index (χ1) is 8.49. The molecule has 2 rings (SSSR count). The largest absolute Gasteiger partial charge is 0.322 e. The van der Waals surface area contributed by atoms with Gasteiger partial charge in [-0.15, -0.1) is 0 Å². The molecule has 2 aromatic rings. The van der Waals surface area contributed by atoms with Crippen LogP contribution >= 0.6 is 15.9 Å². The molecule has 0 saturated carbocycles. The molecule has 0 aliphatic carbocycles. The van der Waals surface area contributed by atoms with E-state index in [4.69, 9.17) is 5.73 Å². The van der Waals surface area contributed by atoms with Crippen LogP contribution in [-0.2, 0) is 19.0 Å². The van der Waals surface area contributed by atoms with Gasteiger partial charge in [-0.3, -0.25) is 4.68 Å². The third-order valence-electron chi connectivity index (χ3n) is 3.18.